The van der Waals surface area contributed by atoms with Gasteiger partial charge in [-0.3, -0.25) is 0 Å². The van der Waals surface area contributed by atoms with Crippen LogP contribution in [-0.4, -0.2) is 54.1 Å². The largest absolute Gasteiger partial charge is 0.476 e. The third-order valence-electron chi connectivity index (χ3n) is 2.98. The van der Waals surface area contributed by atoms with Gasteiger partial charge in [-0.2, -0.15) is 4.98 Å². The van der Waals surface area contributed by atoms with Crippen molar-refractivity contribution in [3.8, 4) is 5.88 Å². The van der Waals surface area contributed by atoms with E-state index in [2.05, 4.69) is 9.97 Å². The smallest absolute Gasteiger partial charge is 0.242 e. The predicted octanol–water partition coefficient (Wildman–Crippen LogP) is 0.0451. The second-order valence-electron chi connectivity index (χ2n) is 4.37. The zero-order valence-electron chi connectivity index (χ0n) is 11.1. The van der Waals surface area contributed by atoms with E-state index in [-0.39, 0.29) is 12.6 Å². The summed E-state index contributed by atoms with van der Waals surface area (Å²) < 4.78 is 10.8. The lowest BCUT2D eigenvalue weighted by atomic mass is 10.2. The Morgan fingerprint density at radius 1 is 1.58 bits per heavy atom. The molecule has 3 N–H and O–H groups in total. The van der Waals surface area contributed by atoms with Crippen molar-refractivity contribution >= 4 is 11.5 Å². The van der Waals surface area contributed by atoms with Crippen molar-refractivity contribution in [2.24, 2.45) is 0 Å². The summed E-state index contributed by atoms with van der Waals surface area (Å²) in [6, 6.07) is -0.134. The molecule has 7 nitrogen and oxygen atoms in total. The number of nitrogen functional groups attached to an aromatic ring is 1. The normalized spacial score (nSPS) is 19.5. The molecule has 7 heteroatoms. The van der Waals surface area contributed by atoms with Crippen LogP contribution in [0.4, 0.5) is 11.5 Å². The molecular weight excluding hydrogens is 248 g/mol. The van der Waals surface area contributed by atoms with Crippen molar-refractivity contribution < 1.29 is 14.6 Å². The number of rotatable bonds is 5. The van der Waals surface area contributed by atoms with E-state index >= 15 is 0 Å². The number of hydrogen-bond acceptors (Lipinski definition) is 7. The van der Waals surface area contributed by atoms with Gasteiger partial charge in [-0.1, -0.05) is 6.92 Å². The van der Waals surface area contributed by atoms with Crippen LogP contribution in [0.1, 0.15) is 13.3 Å². The first-order chi connectivity index (χ1) is 9.27. The topological polar surface area (TPSA) is 93.7 Å². The van der Waals surface area contributed by atoms with E-state index in [1.807, 2.05) is 11.8 Å². The summed E-state index contributed by atoms with van der Waals surface area (Å²) in [5, 5.41) is 9.39. The maximum atomic E-state index is 9.39. The van der Waals surface area contributed by atoms with Crippen LogP contribution in [0.15, 0.2) is 6.33 Å². The molecule has 2 rings (SSSR count). The summed E-state index contributed by atoms with van der Waals surface area (Å²) in [4.78, 5) is 10.2. The first-order valence-electron chi connectivity index (χ1n) is 6.46. The van der Waals surface area contributed by atoms with E-state index in [9.17, 15) is 5.11 Å². The average molecular weight is 268 g/mol. The number of hydrogen-bond donors (Lipinski definition) is 2. The molecule has 1 aliphatic rings. The van der Waals surface area contributed by atoms with E-state index in [4.69, 9.17) is 15.2 Å². The third-order valence-corrected chi connectivity index (χ3v) is 2.98. The summed E-state index contributed by atoms with van der Waals surface area (Å²) in [5.74, 6) is 0.999. The monoisotopic (exact) mass is 268 g/mol. The molecule has 1 aromatic heterocycles. The van der Waals surface area contributed by atoms with E-state index < -0.39 is 0 Å². The molecule has 2 heterocycles. The second kappa shape index (κ2) is 6.53. The molecule has 19 heavy (non-hydrogen) atoms. The maximum Gasteiger partial charge on any atom is 0.242 e. The van der Waals surface area contributed by atoms with Crippen molar-refractivity contribution in [1.82, 2.24) is 9.97 Å². The number of aliphatic hydroxyl groups excluding tert-OH is 1. The van der Waals surface area contributed by atoms with Gasteiger partial charge in [0.25, 0.3) is 0 Å². The van der Waals surface area contributed by atoms with Gasteiger partial charge in [0, 0.05) is 6.54 Å². The van der Waals surface area contributed by atoms with E-state index in [0.717, 1.165) is 6.42 Å². The molecule has 1 saturated heterocycles. The van der Waals surface area contributed by atoms with Crippen molar-refractivity contribution in [2.45, 2.75) is 19.4 Å². The number of aliphatic hydroxyl groups is 1. The Morgan fingerprint density at radius 3 is 3.16 bits per heavy atom. The number of anilines is 2. The van der Waals surface area contributed by atoms with Gasteiger partial charge in [0.15, 0.2) is 5.82 Å². The standard InChI is InChI=1S/C12H20N4O3/c1-2-4-19-12-10(13)11(14-8-15-12)16-3-5-18-7-9(16)6-17/h8-9,17H,2-7,13H2,1H3. The van der Waals surface area contributed by atoms with Crippen LogP contribution < -0.4 is 15.4 Å². The Labute approximate surface area is 112 Å². The Hall–Kier alpha value is -1.60. The minimum Gasteiger partial charge on any atom is -0.476 e. The lowest BCUT2D eigenvalue weighted by Gasteiger charge is -2.35. The van der Waals surface area contributed by atoms with Crippen LogP contribution in [0.2, 0.25) is 0 Å². The molecular formula is C12H20N4O3. The van der Waals surface area contributed by atoms with Crippen LogP contribution in [0, 0.1) is 0 Å². The molecule has 1 fully saturated rings. The van der Waals surface area contributed by atoms with Crippen LogP contribution in [0.25, 0.3) is 0 Å². The van der Waals surface area contributed by atoms with Crippen LogP contribution in [0.3, 0.4) is 0 Å². The summed E-state index contributed by atoms with van der Waals surface area (Å²) in [6.45, 7) is 4.26. The van der Waals surface area contributed by atoms with Gasteiger partial charge in [0.05, 0.1) is 32.5 Å². The van der Waals surface area contributed by atoms with E-state index in [1.54, 1.807) is 0 Å². The van der Waals surface area contributed by atoms with Gasteiger partial charge >= 0.3 is 0 Å². The van der Waals surface area contributed by atoms with Gasteiger partial charge in [-0.15, -0.1) is 0 Å². The molecule has 0 radical (unpaired) electrons. The SMILES string of the molecule is CCCOc1ncnc(N2CCOCC2CO)c1N. The first-order valence-corrected chi connectivity index (χ1v) is 6.46. The highest BCUT2D eigenvalue weighted by Crippen LogP contribution is 2.29. The quantitative estimate of drug-likeness (QED) is 0.779. The van der Waals surface area contributed by atoms with E-state index in [1.165, 1.54) is 6.33 Å². The summed E-state index contributed by atoms with van der Waals surface area (Å²) in [5.41, 5.74) is 6.47. The Kier molecular flexibility index (Phi) is 4.75. The molecule has 1 unspecified atom stereocenters. The van der Waals surface area contributed by atoms with Gasteiger partial charge in [-0.25, -0.2) is 4.98 Å². The van der Waals surface area contributed by atoms with Crippen molar-refractivity contribution in [3.05, 3.63) is 6.33 Å². The molecule has 1 aromatic rings. The van der Waals surface area contributed by atoms with E-state index in [0.29, 0.717) is 43.8 Å². The summed E-state index contributed by atoms with van der Waals surface area (Å²) in [6.07, 6.45) is 2.32. The minimum atomic E-state index is -0.134. The minimum absolute atomic E-state index is 0.00536. The summed E-state index contributed by atoms with van der Waals surface area (Å²) >= 11 is 0. The highest BCUT2D eigenvalue weighted by molar-refractivity contribution is 5.68. The Morgan fingerprint density at radius 2 is 2.42 bits per heavy atom. The molecule has 0 aromatic carbocycles. The molecule has 0 saturated carbocycles. The Bertz CT molecular complexity index is 416. The van der Waals surface area contributed by atoms with Gasteiger partial charge in [0.2, 0.25) is 5.88 Å². The molecule has 0 bridgehead atoms. The van der Waals surface area contributed by atoms with Crippen molar-refractivity contribution in [1.29, 1.82) is 0 Å². The third kappa shape index (κ3) is 3.05. The molecule has 0 aliphatic carbocycles. The molecule has 0 spiro atoms. The number of nitrogens with two attached hydrogens (primary N) is 1. The fourth-order valence-electron chi connectivity index (χ4n) is 2.00. The van der Waals surface area contributed by atoms with Crippen LogP contribution in [0.5, 0.6) is 5.88 Å². The average Bonchev–Trinajstić information content (AvgIpc) is 2.46. The fourth-order valence-corrected chi connectivity index (χ4v) is 2.00. The number of morpholine rings is 1. The lowest BCUT2D eigenvalue weighted by Crippen LogP contribution is -2.48. The lowest BCUT2D eigenvalue weighted by molar-refractivity contribution is 0.0723. The van der Waals surface area contributed by atoms with Gasteiger partial charge < -0.3 is 25.2 Å². The summed E-state index contributed by atoms with van der Waals surface area (Å²) in [7, 11) is 0. The van der Waals surface area contributed by atoms with Crippen LogP contribution >= 0.6 is 0 Å². The zero-order valence-corrected chi connectivity index (χ0v) is 11.1. The molecule has 106 valence electrons. The molecule has 1 atom stereocenters. The van der Waals surface area contributed by atoms with Crippen molar-refractivity contribution in [2.75, 3.05) is 43.6 Å². The first kappa shape index (κ1) is 13.8. The molecule has 0 amide bonds. The number of ether oxygens (including phenoxy) is 2. The number of nitrogens with zero attached hydrogens (tertiary/aromatic N) is 3. The number of aromatic nitrogens is 2. The zero-order chi connectivity index (χ0) is 13.7. The fraction of sp³-hybridized carbons (Fsp3) is 0.667. The van der Waals surface area contributed by atoms with Gasteiger partial charge in [-0.05, 0) is 6.42 Å². The van der Waals surface area contributed by atoms with Gasteiger partial charge in [0.1, 0.15) is 12.0 Å². The highest BCUT2D eigenvalue weighted by atomic mass is 16.5. The van der Waals surface area contributed by atoms with Crippen LogP contribution in [-0.2, 0) is 4.74 Å². The maximum absolute atomic E-state index is 9.39. The second-order valence-corrected chi connectivity index (χ2v) is 4.37. The van der Waals surface area contributed by atoms with Crippen molar-refractivity contribution in [3.63, 3.8) is 0 Å². The highest BCUT2D eigenvalue weighted by Gasteiger charge is 2.26. The molecule has 1 aliphatic heterocycles. The predicted molar refractivity (Wildman–Crippen MR) is 71.3 cm³/mol. The Balaban J connectivity index is 2.22.